The van der Waals surface area contributed by atoms with Gasteiger partial charge in [-0.25, -0.2) is 14.6 Å². The SMILES string of the molecule is COC(=O)/C=C(\C(=O)OC)N1CCc2nc3cc(C)on3c(=O)c2C1. The lowest BCUT2D eigenvalue weighted by atomic mass is 10.1. The molecule has 2 aromatic heterocycles. The Balaban J connectivity index is 2.02. The minimum absolute atomic E-state index is 0.0279. The first-order valence-corrected chi connectivity index (χ1v) is 7.59. The van der Waals surface area contributed by atoms with Gasteiger partial charge in [0.2, 0.25) is 0 Å². The zero-order valence-corrected chi connectivity index (χ0v) is 14.1. The molecule has 3 heterocycles. The molecule has 9 heteroatoms. The Morgan fingerprint density at radius 3 is 2.76 bits per heavy atom. The van der Waals surface area contributed by atoms with Crippen LogP contribution in [0.2, 0.25) is 0 Å². The van der Waals surface area contributed by atoms with Crippen molar-refractivity contribution in [1.82, 2.24) is 14.5 Å². The van der Waals surface area contributed by atoms with E-state index in [-0.39, 0.29) is 17.8 Å². The molecule has 0 fully saturated rings. The Bertz CT molecular complexity index is 939. The number of fused-ring (bicyclic) bond motifs is 2. The second-order valence-electron chi connectivity index (χ2n) is 5.56. The van der Waals surface area contributed by atoms with Gasteiger partial charge < -0.3 is 18.9 Å². The first-order chi connectivity index (χ1) is 11.9. The molecule has 2 aromatic rings. The van der Waals surface area contributed by atoms with Crippen molar-refractivity contribution in [2.45, 2.75) is 19.9 Å². The average molecular weight is 347 g/mol. The Kier molecular flexibility index (Phi) is 4.30. The molecule has 0 radical (unpaired) electrons. The molecule has 3 rings (SSSR count). The fraction of sp³-hybridized carbons (Fsp3) is 0.375. The molecule has 0 saturated heterocycles. The summed E-state index contributed by atoms with van der Waals surface area (Å²) in [6, 6.07) is 1.69. The Morgan fingerprint density at radius 1 is 1.32 bits per heavy atom. The number of methoxy groups -OCH3 is 2. The number of rotatable bonds is 3. The summed E-state index contributed by atoms with van der Waals surface area (Å²) >= 11 is 0. The van der Waals surface area contributed by atoms with Crippen LogP contribution in [0, 0.1) is 6.92 Å². The van der Waals surface area contributed by atoms with Crippen LogP contribution in [0.1, 0.15) is 17.0 Å². The predicted octanol–water partition coefficient (Wildman–Crippen LogP) is 0.184. The van der Waals surface area contributed by atoms with Gasteiger partial charge in [0.05, 0.1) is 38.1 Å². The molecule has 0 saturated carbocycles. The smallest absolute Gasteiger partial charge is 0.354 e. The van der Waals surface area contributed by atoms with Crippen LogP contribution in [0.5, 0.6) is 0 Å². The van der Waals surface area contributed by atoms with Crippen LogP contribution in [-0.2, 0) is 32.0 Å². The highest BCUT2D eigenvalue weighted by atomic mass is 16.5. The van der Waals surface area contributed by atoms with Crippen molar-refractivity contribution in [3.05, 3.63) is 45.2 Å². The molecular formula is C16H17N3O6. The Labute approximate surface area is 142 Å². The van der Waals surface area contributed by atoms with Gasteiger partial charge >= 0.3 is 11.9 Å². The fourth-order valence-electron chi connectivity index (χ4n) is 2.77. The third-order valence-corrected chi connectivity index (χ3v) is 3.97. The van der Waals surface area contributed by atoms with Crippen molar-refractivity contribution in [1.29, 1.82) is 0 Å². The molecule has 0 unspecified atom stereocenters. The van der Waals surface area contributed by atoms with Gasteiger partial charge in [-0.05, 0) is 6.92 Å². The maximum atomic E-state index is 12.6. The van der Waals surface area contributed by atoms with Gasteiger partial charge in [0, 0.05) is 19.0 Å². The van der Waals surface area contributed by atoms with E-state index in [0.29, 0.717) is 35.6 Å². The van der Waals surface area contributed by atoms with E-state index < -0.39 is 11.9 Å². The predicted molar refractivity (Wildman–Crippen MR) is 84.7 cm³/mol. The summed E-state index contributed by atoms with van der Waals surface area (Å²) in [7, 11) is 2.43. The highest BCUT2D eigenvalue weighted by Gasteiger charge is 2.28. The molecular weight excluding hydrogens is 330 g/mol. The summed E-state index contributed by atoms with van der Waals surface area (Å²) in [5.41, 5.74) is 1.22. The topological polar surface area (TPSA) is 103 Å². The summed E-state index contributed by atoms with van der Waals surface area (Å²) in [5.74, 6) is -0.792. The maximum Gasteiger partial charge on any atom is 0.354 e. The first-order valence-electron chi connectivity index (χ1n) is 7.59. The highest BCUT2D eigenvalue weighted by Crippen LogP contribution is 2.20. The van der Waals surface area contributed by atoms with Crippen molar-refractivity contribution >= 4 is 17.6 Å². The number of hydrogen-bond acceptors (Lipinski definition) is 8. The molecule has 0 bridgehead atoms. The molecule has 0 aromatic carbocycles. The quantitative estimate of drug-likeness (QED) is 0.572. The lowest BCUT2D eigenvalue weighted by Crippen LogP contribution is -2.38. The number of aryl methyl sites for hydroxylation is 1. The Morgan fingerprint density at radius 2 is 2.08 bits per heavy atom. The molecule has 9 nitrogen and oxygen atoms in total. The average Bonchev–Trinajstić information content (AvgIpc) is 2.99. The van der Waals surface area contributed by atoms with Gasteiger partial charge in [-0.2, -0.15) is 0 Å². The molecule has 0 N–H and O–H groups in total. The van der Waals surface area contributed by atoms with E-state index in [1.165, 1.54) is 14.2 Å². The minimum atomic E-state index is -0.683. The van der Waals surface area contributed by atoms with E-state index in [9.17, 15) is 14.4 Å². The van der Waals surface area contributed by atoms with Crippen molar-refractivity contribution in [3.63, 3.8) is 0 Å². The Hall–Kier alpha value is -3.10. The van der Waals surface area contributed by atoms with Crippen LogP contribution in [0.15, 0.2) is 27.2 Å². The molecule has 0 spiro atoms. The van der Waals surface area contributed by atoms with E-state index >= 15 is 0 Å². The number of aromatic nitrogens is 2. The van der Waals surface area contributed by atoms with Crippen molar-refractivity contribution in [3.8, 4) is 0 Å². The van der Waals surface area contributed by atoms with E-state index in [4.69, 9.17) is 9.26 Å². The lowest BCUT2D eigenvalue weighted by Gasteiger charge is -2.29. The summed E-state index contributed by atoms with van der Waals surface area (Å²) in [4.78, 5) is 42.3. The van der Waals surface area contributed by atoms with Gasteiger partial charge in [-0.1, -0.05) is 0 Å². The lowest BCUT2D eigenvalue weighted by molar-refractivity contribution is -0.140. The molecule has 1 aliphatic heterocycles. The van der Waals surface area contributed by atoms with E-state index in [1.54, 1.807) is 17.9 Å². The van der Waals surface area contributed by atoms with Crippen LogP contribution in [-0.4, -0.2) is 47.2 Å². The summed E-state index contributed by atoms with van der Waals surface area (Å²) in [5, 5.41) is 0. The van der Waals surface area contributed by atoms with Crippen molar-refractivity contribution in [2.24, 2.45) is 0 Å². The largest absolute Gasteiger partial charge is 0.466 e. The van der Waals surface area contributed by atoms with Gasteiger partial charge in [0.25, 0.3) is 5.56 Å². The maximum absolute atomic E-state index is 12.6. The zero-order valence-electron chi connectivity index (χ0n) is 14.1. The van der Waals surface area contributed by atoms with Gasteiger partial charge in [-0.15, -0.1) is 4.57 Å². The number of ether oxygens (including phenoxy) is 2. The van der Waals surface area contributed by atoms with Gasteiger partial charge in [-0.3, -0.25) is 4.79 Å². The van der Waals surface area contributed by atoms with Crippen LogP contribution >= 0.6 is 0 Å². The fourth-order valence-corrected chi connectivity index (χ4v) is 2.77. The van der Waals surface area contributed by atoms with Crippen LogP contribution in [0.25, 0.3) is 5.65 Å². The molecule has 1 aliphatic rings. The normalized spacial score (nSPS) is 14.4. The highest BCUT2D eigenvalue weighted by molar-refractivity contribution is 5.95. The third-order valence-electron chi connectivity index (χ3n) is 3.97. The van der Waals surface area contributed by atoms with E-state index in [1.807, 2.05) is 0 Å². The minimum Gasteiger partial charge on any atom is -0.466 e. The summed E-state index contributed by atoms with van der Waals surface area (Å²) in [6.07, 6.45) is 1.50. The van der Waals surface area contributed by atoms with Crippen molar-refractivity contribution < 1.29 is 23.6 Å². The van der Waals surface area contributed by atoms with Crippen LogP contribution < -0.4 is 5.56 Å². The number of esters is 2. The number of hydrogen-bond donors (Lipinski definition) is 0. The van der Waals surface area contributed by atoms with Crippen LogP contribution in [0.3, 0.4) is 0 Å². The summed E-state index contributed by atoms with van der Waals surface area (Å²) < 4.78 is 15.8. The van der Waals surface area contributed by atoms with Gasteiger partial charge in [0.15, 0.2) is 5.65 Å². The first kappa shape index (κ1) is 16.7. The molecule has 0 amide bonds. The number of carbonyl (C=O) groups excluding carboxylic acids is 2. The standard InChI is InChI=1S/C16H17N3O6/c1-9-6-13-17-11-4-5-18(8-10(11)15(21)19(13)25-9)12(16(22)24-3)7-14(20)23-2/h6-7H,4-5,8H2,1-3H3/b12-7+. The molecule has 25 heavy (non-hydrogen) atoms. The monoisotopic (exact) mass is 347 g/mol. The third kappa shape index (κ3) is 3.00. The summed E-state index contributed by atoms with van der Waals surface area (Å²) in [6.45, 7) is 2.25. The van der Waals surface area contributed by atoms with E-state index in [2.05, 4.69) is 9.72 Å². The van der Waals surface area contributed by atoms with E-state index in [0.717, 1.165) is 10.6 Å². The number of nitrogens with zero attached hydrogens (tertiary/aromatic N) is 3. The second kappa shape index (κ2) is 6.42. The zero-order chi connectivity index (χ0) is 18.1. The number of carbonyl (C=O) groups is 2. The van der Waals surface area contributed by atoms with Crippen LogP contribution in [0.4, 0.5) is 0 Å². The molecule has 0 aliphatic carbocycles. The molecule has 132 valence electrons. The van der Waals surface area contributed by atoms with Crippen molar-refractivity contribution in [2.75, 3.05) is 20.8 Å². The molecule has 0 atom stereocenters. The van der Waals surface area contributed by atoms with Gasteiger partial charge in [0.1, 0.15) is 11.5 Å². The second-order valence-corrected chi connectivity index (χ2v) is 5.56.